The fourth-order valence-electron chi connectivity index (χ4n) is 2.28. The van der Waals surface area contributed by atoms with Gasteiger partial charge >= 0.3 is 5.97 Å². The van der Waals surface area contributed by atoms with Crippen LogP contribution < -0.4 is 10.5 Å². The van der Waals surface area contributed by atoms with Gasteiger partial charge in [-0.1, -0.05) is 0 Å². The number of pyridine rings is 1. The van der Waals surface area contributed by atoms with Crippen LogP contribution >= 0.6 is 0 Å². The van der Waals surface area contributed by atoms with E-state index in [1.165, 1.54) is 12.3 Å². The second kappa shape index (κ2) is 5.40. The van der Waals surface area contributed by atoms with Gasteiger partial charge in [0.1, 0.15) is 22.9 Å². The summed E-state index contributed by atoms with van der Waals surface area (Å²) in [5.74, 6) is 0.182. The van der Waals surface area contributed by atoms with Gasteiger partial charge in [-0.15, -0.1) is 0 Å². The number of hydrogen-bond acceptors (Lipinski definition) is 4. The molecule has 0 aliphatic carbocycles. The third kappa shape index (κ3) is 2.35. The van der Waals surface area contributed by atoms with E-state index >= 15 is 0 Å². The number of imidazole rings is 1. The molecule has 0 saturated carbocycles. The van der Waals surface area contributed by atoms with Crippen molar-refractivity contribution in [3.63, 3.8) is 0 Å². The lowest BCUT2D eigenvalue weighted by atomic mass is 10.1. The lowest BCUT2D eigenvalue weighted by Crippen LogP contribution is -2.00. The summed E-state index contributed by atoms with van der Waals surface area (Å²) in [7, 11) is 0. The molecule has 0 fully saturated rings. The molecule has 3 aromatic rings. The molecule has 0 unspecified atom stereocenters. The third-order valence-corrected chi connectivity index (χ3v) is 3.34. The van der Waals surface area contributed by atoms with Crippen LogP contribution in [0.15, 0.2) is 42.6 Å². The number of nitrogens with zero attached hydrogens (tertiary/aromatic N) is 2. The molecule has 2 heterocycles. The van der Waals surface area contributed by atoms with Crippen LogP contribution in [0.3, 0.4) is 0 Å². The molecule has 6 heteroatoms. The Balaban J connectivity index is 2.07. The number of carboxylic acids is 1. The summed E-state index contributed by atoms with van der Waals surface area (Å²) in [5.41, 5.74) is 8.34. The van der Waals surface area contributed by atoms with E-state index in [9.17, 15) is 4.79 Å². The van der Waals surface area contributed by atoms with Crippen molar-refractivity contribution in [2.24, 2.45) is 0 Å². The summed E-state index contributed by atoms with van der Waals surface area (Å²) < 4.78 is 6.98. The fraction of sp³-hybridized carbons (Fsp3) is 0.125. The first-order valence-electron chi connectivity index (χ1n) is 6.84. The number of carboxylic acid groups (broad SMARTS) is 1. The first-order valence-corrected chi connectivity index (χ1v) is 6.84. The molecule has 6 nitrogen and oxygen atoms in total. The Kier molecular flexibility index (Phi) is 3.42. The van der Waals surface area contributed by atoms with Crippen LogP contribution in [0.4, 0.5) is 5.82 Å². The van der Waals surface area contributed by atoms with Crippen molar-refractivity contribution in [2.75, 3.05) is 12.3 Å². The maximum absolute atomic E-state index is 11.0. The smallest absolute Gasteiger partial charge is 0.337 e. The molecule has 22 heavy (non-hydrogen) atoms. The molecule has 0 radical (unpaired) electrons. The van der Waals surface area contributed by atoms with Gasteiger partial charge in [-0.05, 0) is 43.3 Å². The highest BCUT2D eigenvalue weighted by Crippen LogP contribution is 2.28. The van der Waals surface area contributed by atoms with Gasteiger partial charge in [0, 0.05) is 11.8 Å². The molecule has 0 spiro atoms. The molecule has 0 amide bonds. The normalized spacial score (nSPS) is 10.8. The van der Waals surface area contributed by atoms with Crippen LogP contribution in [0.25, 0.3) is 16.9 Å². The van der Waals surface area contributed by atoms with Crippen LogP contribution in [0.5, 0.6) is 5.75 Å². The van der Waals surface area contributed by atoms with Crippen LogP contribution in [0.2, 0.25) is 0 Å². The Bertz CT molecular complexity index is 838. The molecule has 0 bridgehead atoms. The number of rotatable bonds is 4. The molecule has 1 aromatic carbocycles. The van der Waals surface area contributed by atoms with Crippen molar-refractivity contribution in [3.05, 3.63) is 48.2 Å². The number of fused-ring (bicyclic) bond motifs is 1. The van der Waals surface area contributed by atoms with E-state index < -0.39 is 5.97 Å². The average Bonchev–Trinajstić information content (AvgIpc) is 2.85. The van der Waals surface area contributed by atoms with E-state index in [0.29, 0.717) is 23.8 Å². The van der Waals surface area contributed by atoms with Crippen LogP contribution in [0.1, 0.15) is 17.3 Å². The number of anilines is 1. The predicted molar refractivity (Wildman–Crippen MR) is 83.2 cm³/mol. The quantitative estimate of drug-likeness (QED) is 0.772. The standard InChI is InChI=1S/C16H15N3O3/c1-2-22-12-6-3-10(4-7-12)14-15(17)19-9-11(16(20)21)5-8-13(19)18-14/h3-9H,2,17H2,1H3,(H,20,21). The van der Waals surface area contributed by atoms with E-state index in [4.69, 9.17) is 15.6 Å². The lowest BCUT2D eigenvalue weighted by Gasteiger charge is -2.04. The van der Waals surface area contributed by atoms with E-state index in [0.717, 1.165) is 11.3 Å². The Morgan fingerprint density at radius 3 is 2.64 bits per heavy atom. The predicted octanol–water partition coefficient (Wildman–Crippen LogP) is 2.68. The van der Waals surface area contributed by atoms with Crippen molar-refractivity contribution in [2.45, 2.75) is 6.92 Å². The topological polar surface area (TPSA) is 89.8 Å². The zero-order chi connectivity index (χ0) is 15.7. The Hall–Kier alpha value is -3.02. The maximum Gasteiger partial charge on any atom is 0.337 e. The van der Waals surface area contributed by atoms with Crippen molar-refractivity contribution in [3.8, 4) is 17.0 Å². The molecule has 0 atom stereocenters. The maximum atomic E-state index is 11.0. The number of aromatic nitrogens is 2. The number of ether oxygens (including phenoxy) is 1. The fourth-order valence-corrected chi connectivity index (χ4v) is 2.28. The molecular formula is C16H15N3O3. The zero-order valence-corrected chi connectivity index (χ0v) is 12.0. The highest BCUT2D eigenvalue weighted by atomic mass is 16.5. The van der Waals surface area contributed by atoms with Crippen molar-refractivity contribution >= 4 is 17.4 Å². The van der Waals surface area contributed by atoms with Gasteiger partial charge in [0.15, 0.2) is 0 Å². The minimum atomic E-state index is -1.00. The van der Waals surface area contributed by atoms with Gasteiger partial charge in [-0.2, -0.15) is 0 Å². The van der Waals surface area contributed by atoms with Gasteiger partial charge in [-0.3, -0.25) is 4.40 Å². The molecule has 0 saturated heterocycles. The summed E-state index contributed by atoms with van der Waals surface area (Å²) in [6, 6.07) is 10.6. The SMILES string of the molecule is CCOc1ccc(-c2nc3ccc(C(=O)O)cn3c2N)cc1. The van der Waals surface area contributed by atoms with E-state index in [1.54, 1.807) is 10.5 Å². The number of carbonyl (C=O) groups is 1. The summed E-state index contributed by atoms with van der Waals surface area (Å²) >= 11 is 0. The summed E-state index contributed by atoms with van der Waals surface area (Å²) in [4.78, 5) is 15.5. The number of nitrogens with two attached hydrogens (primary N) is 1. The zero-order valence-electron chi connectivity index (χ0n) is 12.0. The molecule has 3 rings (SSSR count). The van der Waals surface area contributed by atoms with Gasteiger partial charge in [0.2, 0.25) is 0 Å². The Labute approximate surface area is 126 Å². The summed E-state index contributed by atoms with van der Waals surface area (Å²) in [6.07, 6.45) is 1.47. The minimum absolute atomic E-state index is 0.162. The summed E-state index contributed by atoms with van der Waals surface area (Å²) in [6.45, 7) is 2.53. The van der Waals surface area contributed by atoms with Crippen LogP contribution in [-0.2, 0) is 0 Å². The second-order valence-corrected chi connectivity index (χ2v) is 4.75. The molecule has 0 aliphatic heterocycles. The molecular weight excluding hydrogens is 282 g/mol. The number of benzene rings is 1. The largest absolute Gasteiger partial charge is 0.494 e. The Morgan fingerprint density at radius 2 is 2.00 bits per heavy atom. The Morgan fingerprint density at radius 1 is 1.27 bits per heavy atom. The molecule has 0 aliphatic rings. The minimum Gasteiger partial charge on any atom is -0.494 e. The lowest BCUT2D eigenvalue weighted by molar-refractivity contribution is 0.0696. The first-order chi connectivity index (χ1) is 10.6. The van der Waals surface area contributed by atoms with Gasteiger partial charge < -0.3 is 15.6 Å². The van der Waals surface area contributed by atoms with E-state index in [2.05, 4.69) is 4.98 Å². The molecule has 2 aromatic heterocycles. The number of hydrogen-bond donors (Lipinski definition) is 2. The monoisotopic (exact) mass is 297 g/mol. The van der Waals surface area contributed by atoms with Crippen molar-refractivity contribution in [1.82, 2.24) is 9.38 Å². The van der Waals surface area contributed by atoms with Gasteiger partial charge in [0.05, 0.1) is 12.2 Å². The van der Waals surface area contributed by atoms with E-state index in [-0.39, 0.29) is 5.56 Å². The number of aromatic carboxylic acids is 1. The van der Waals surface area contributed by atoms with Crippen molar-refractivity contribution in [1.29, 1.82) is 0 Å². The van der Waals surface area contributed by atoms with Crippen LogP contribution in [0, 0.1) is 0 Å². The first kappa shape index (κ1) is 13.9. The molecule has 3 N–H and O–H groups in total. The molecule has 112 valence electrons. The van der Waals surface area contributed by atoms with Crippen molar-refractivity contribution < 1.29 is 14.6 Å². The highest BCUT2D eigenvalue weighted by Gasteiger charge is 2.13. The number of nitrogen functional groups attached to an aromatic ring is 1. The van der Waals surface area contributed by atoms with E-state index in [1.807, 2.05) is 31.2 Å². The highest BCUT2D eigenvalue weighted by molar-refractivity contribution is 5.88. The van der Waals surface area contributed by atoms with Crippen LogP contribution in [-0.4, -0.2) is 27.1 Å². The second-order valence-electron chi connectivity index (χ2n) is 4.75. The van der Waals surface area contributed by atoms with Gasteiger partial charge in [-0.25, -0.2) is 9.78 Å². The summed E-state index contributed by atoms with van der Waals surface area (Å²) in [5, 5.41) is 9.05. The third-order valence-electron chi connectivity index (χ3n) is 3.34. The van der Waals surface area contributed by atoms with Gasteiger partial charge in [0.25, 0.3) is 0 Å². The average molecular weight is 297 g/mol.